The number of ether oxygens (including phenoxy) is 2. The summed E-state index contributed by atoms with van der Waals surface area (Å²) < 4.78 is 11.5. The smallest absolute Gasteiger partial charge is 0.311 e. The lowest BCUT2D eigenvalue weighted by molar-refractivity contribution is -0.155. The van der Waals surface area contributed by atoms with Crippen molar-refractivity contribution in [2.75, 3.05) is 0 Å². The molecule has 2 aromatic rings. The van der Waals surface area contributed by atoms with E-state index in [0.29, 0.717) is 17.1 Å². The third-order valence-corrected chi connectivity index (χ3v) is 5.23. The van der Waals surface area contributed by atoms with Crippen LogP contribution in [-0.2, 0) is 9.53 Å². The van der Waals surface area contributed by atoms with Crippen molar-refractivity contribution in [2.45, 2.75) is 33.3 Å². The molecule has 0 spiro atoms. The lowest BCUT2D eigenvalue weighted by Gasteiger charge is -2.26. The zero-order valence-corrected chi connectivity index (χ0v) is 18.7. The number of hydrogen-bond acceptors (Lipinski definition) is 4. The van der Waals surface area contributed by atoms with Crippen LogP contribution in [0.4, 0.5) is 0 Å². The molecule has 4 atom stereocenters. The van der Waals surface area contributed by atoms with Crippen LogP contribution >= 0.6 is 23.2 Å². The summed E-state index contributed by atoms with van der Waals surface area (Å²) in [5, 5.41) is 9.65. The van der Waals surface area contributed by atoms with Gasteiger partial charge in [-0.1, -0.05) is 86.8 Å². The van der Waals surface area contributed by atoms with Gasteiger partial charge in [-0.25, -0.2) is 0 Å². The van der Waals surface area contributed by atoms with Crippen LogP contribution in [0.15, 0.2) is 65.2 Å². The Labute approximate surface area is 188 Å². The molecule has 0 aliphatic carbocycles. The average molecular weight is 446 g/mol. The summed E-state index contributed by atoms with van der Waals surface area (Å²) in [5.74, 6) is 0.105. The third kappa shape index (κ3) is 6.79. The Hall–Kier alpha value is -2.48. The van der Waals surface area contributed by atoms with Crippen LogP contribution < -0.4 is 4.74 Å². The summed E-state index contributed by atoms with van der Waals surface area (Å²) in [4.78, 5) is 13.0. The summed E-state index contributed by atoms with van der Waals surface area (Å²) in [7, 11) is 0. The van der Waals surface area contributed by atoms with Gasteiger partial charge in [-0.3, -0.25) is 4.79 Å². The Balaban J connectivity index is 2.20. The molecule has 0 heterocycles. The number of carbonyl (C=O) groups is 1. The molecule has 0 saturated heterocycles. The van der Waals surface area contributed by atoms with E-state index in [4.69, 9.17) is 32.7 Å². The van der Waals surface area contributed by atoms with Crippen molar-refractivity contribution in [2.24, 2.45) is 17.8 Å². The first-order valence-corrected chi connectivity index (χ1v) is 10.6. The van der Waals surface area contributed by atoms with Crippen molar-refractivity contribution in [1.29, 1.82) is 5.26 Å². The fourth-order valence-electron chi connectivity index (χ4n) is 3.25. The van der Waals surface area contributed by atoms with Crippen LogP contribution in [0.25, 0.3) is 0 Å². The van der Waals surface area contributed by atoms with Crippen LogP contribution in [0.1, 0.15) is 38.9 Å². The molecule has 0 aliphatic rings. The Kier molecular flexibility index (Phi) is 9.23. The number of hydrogen-bond donors (Lipinski definition) is 0. The summed E-state index contributed by atoms with van der Waals surface area (Å²) in [6.45, 7) is 5.82. The van der Waals surface area contributed by atoms with Crippen molar-refractivity contribution >= 4 is 29.2 Å². The number of carbonyl (C=O) groups excluding carboxylic acids is 1. The Morgan fingerprint density at radius 3 is 2.37 bits per heavy atom. The number of nitrogens with zero attached hydrogens (tertiary/aromatic N) is 1. The van der Waals surface area contributed by atoms with Crippen molar-refractivity contribution in [3.63, 3.8) is 0 Å². The SMILES string of the molecule is CCC(C)C(C(=O)OC(C#N)c1cccc(Oc2ccccc2)c1)C(C)C=C(Cl)Cl. The predicted molar refractivity (Wildman–Crippen MR) is 119 cm³/mol. The molecular formula is C24H25Cl2NO3. The van der Waals surface area contributed by atoms with E-state index in [9.17, 15) is 10.1 Å². The van der Waals surface area contributed by atoms with Crippen LogP contribution in [0.3, 0.4) is 0 Å². The fourth-order valence-corrected chi connectivity index (χ4v) is 3.65. The lowest BCUT2D eigenvalue weighted by atomic mass is 9.82. The monoisotopic (exact) mass is 445 g/mol. The van der Waals surface area contributed by atoms with Gasteiger partial charge in [0, 0.05) is 5.56 Å². The lowest BCUT2D eigenvalue weighted by Crippen LogP contribution is -2.30. The Bertz CT molecular complexity index is 904. The van der Waals surface area contributed by atoms with E-state index in [-0.39, 0.29) is 16.3 Å². The molecule has 0 amide bonds. The molecule has 0 N–H and O–H groups in total. The summed E-state index contributed by atoms with van der Waals surface area (Å²) in [5.41, 5.74) is 0.542. The molecule has 6 heteroatoms. The van der Waals surface area contributed by atoms with Gasteiger partial charge in [0.15, 0.2) is 0 Å². The van der Waals surface area contributed by atoms with E-state index < -0.39 is 18.0 Å². The molecule has 4 unspecified atom stereocenters. The summed E-state index contributed by atoms with van der Waals surface area (Å²) in [6, 6.07) is 18.4. The van der Waals surface area contributed by atoms with E-state index in [1.165, 1.54) is 0 Å². The van der Waals surface area contributed by atoms with Gasteiger partial charge in [0.25, 0.3) is 0 Å². The van der Waals surface area contributed by atoms with Gasteiger partial charge in [0.2, 0.25) is 6.10 Å². The summed E-state index contributed by atoms with van der Waals surface area (Å²) in [6.07, 6.45) is 1.35. The minimum atomic E-state index is -1.05. The van der Waals surface area contributed by atoms with Crippen molar-refractivity contribution in [3.05, 3.63) is 70.7 Å². The highest BCUT2D eigenvalue weighted by Crippen LogP contribution is 2.31. The molecule has 0 aromatic heterocycles. The molecule has 0 bridgehead atoms. The van der Waals surface area contributed by atoms with Gasteiger partial charge >= 0.3 is 5.97 Å². The standard InChI is InChI=1S/C24H25Cl2NO3/c1-4-16(2)23(17(3)13-22(25)26)24(28)30-21(15-27)18-9-8-12-20(14-18)29-19-10-6-5-7-11-19/h5-14,16-17,21,23H,4H2,1-3H3. The number of nitriles is 1. The van der Waals surface area contributed by atoms with E-state index in [2.05, 4.69) is 6.07 Å². The summed E-state index contributed by atoms with van der Waals surface area (Å²) >= 11 is 11.6. The first-order valence-electron chi connectivity index (χ1n) is 9.81. The first-order chi connectivity index (χ1) is 14.3. The van der Waals surface area contributed by atoms with Crippen molar-refractivity contribution < 1.29 is 14.3 Å². The minimum absolute atomic E-state index is 0.0310. The van der Waals surface area contributed by atoms with Crippen LogP contribution in [0.5, 0.6) is 11.5 Å². The molecule has 158 valence electrons. The molecule has 0 saturated carbocycles. The van der Waals surface area contributed by atoms with Crippen molar-refractivity contribution in [3.8, 4) is 17.6 Å². The van der Waals surface area contributed by atoms with E-state index in [0.717, 1.165) is 6.42 Å². The van der Waals surface area contributed by atoms with Gasteiger partial charge in [0.05, 0.1) is 5.92 Å². The van der Waals surface area contributed by atoms with E-state index >= 15 is 0 Å². The molecule has 0 aliphatic heterocycles. The molecular weight excluding hydrogens is 421 g/mol. The number of allylic oxidation sites excluding steroid dienone is 1. The molecule has 30 heavy (non-hydrogen) atoms. The molecule has 2 aromatic carbocycles. The zero-order valence-electron chi connectivity index (χ0n) is 17.2. The second-order valence-corrected chi connectivity index (χ2v) is 8.17. The molecule has 2 rings (SSSR count). The van der Waals surface area contributed by atoms with Gasteiger partial charge in [-0.15, -0.1) is 0 Å². The molecule has 4 nitrogen and oxygen atoms in total. The average Bonchev–Trinajstić information content (AvgIpc) is 2.72. The van der Waals surface area contributed by atoms with Crippen LogP contribution in [0, 0.1) is 29.1 Å². The van der Waals surface area contributed by atoms with Crippen molar-refractivity contribution in [1.82, 2.24) is 0 Å². The number of rotatable bonds is 9. The highest BCUT2D eigenvalue weighted by atomic mass is 35.5. The minimum Gasteiger partial charge on any atom is -0.457 e. The molecule has 0 radical (unpaired) electrons. The van der Waals surface area contributed by atoms with Gasteiger partial charge in [-0.2, -0.15) is 5.26 Å². The normalized spacial score (nSPS) is 14.5. The number of halogens is 2. The maximum atomic E-state index is 13.0. The highest BCUT2D eigenvalue weighted by molar-refractivity contribution is 6.55. The number of esters is 1. The third-order valence-electron chi connectivity index (χ3n) is 4.98. The number of benzene rings is 2. The largest absolute Gasteiger partial charge is 0.457 e. The second kappa shape index (κ2) is 11.6. The van der Waals surface area contributed by atoms with Gasteiger partial charge < -0.3 is 9.47 Å². The van der Waals surface area contributed by atoms with Gasteiger partial charge in [-0.05, 0) is 36.1 Å². The maximum absolute atomic E-state index is 13.0. The topological polar surface area (TPSA) is 59.3 Å². The van der Waals surface area contributed by atoms with Gasteiger partial charge in [0.1, 0.15) is 22.1 Å². The highest BCUT2D eigenvalue weighted by Gasteiger charge is 2.32. The first kappa shape index (κ1) is 23.8. The fraction of sp³-hybridized carbons (Fsp3) is 0.333. The Morgan fingerprint density at radius 1 is 1.10 bits per heavy atom. The van der Waals surface area contributed by atoms with Crippen LogP contribution in [-0.4, -0.2) is 5.97 Å². The predicted octanol–water partition coefficient (Wildman–Crippen LogP) is 7.20. The molecule has 0 fully saturated rings. The number of para-hydroxylation sites is 1. The second-order valence-electron chi connectivity index (χ2n) is 7.16. The maximum Gasteiger partial charge on any atom is 0.311 e. The zero-order chi connectivity index (χ0) is 22.1. The quantitative estimate of drug-likeness (QED) is 0.382. The van der Waals surface area contributed by atoms with E-state index in [1.807, 2.05) is 51.1 Å². The van der Waals surface area contributed by atoms with E-state index in [1.54, 1.807) is 30.3 Å². The Morgan fingerprint density at radius 2 is 1.77 bits per heavy atom. The van der Waals surface area contributed by atoms with Crippen LogP contribution in [0.2, 0.25) is 0 Å².